The van der Waals surface area contributed by atoms with E-state index in [9.17, 15) is 5.11 Å². The molecule has 1 N–H and O–H groups in total. The van der Waals surface area contributed by atoms with Crippen LogP contribution in [0.1, 0.15) is 26.7 Å². The molecule has 0 radical (unpaired) electrons. The highest BCUT2D eigenvalue weighted by molar-refractivity contribution is 9.24. The third kappa shape index (κ3) is 1.33. The summed E-state index contributed by atoms with van der Waals surface area (Å²) in [4.78, 5) is 0.284. The molecule has 5 heteroatoms. The minimum absolute atomic E-state index is 0.0515. The fourth-order valence-electron chi connectivity index (χ4n) is 3.36. The van der Waals surface area contributed by atoms with Gasteiger partial charge in [-0.05, 0) is 12.8 Å². The van der Waals surface area contributed by atoms with Gasteiger partial charge in [0.15, 0.2) is 0 Å². The fraction of sp³-hybridized carbons (Fsp3) is 1.00. The molecule has 0 aromatic carbocycles. The number of hydrogen-bond acceptors (Lipinski definition) is 1. The first kappa shape index (κ1) is 13.3. The zero-order chi connectivity index (χ0) is 11.6. The molecule has 0 heterocycles. The number of rotatable bonds is 1. The van der Waals surface area contributed by atoms with Gasteiger partial charge in [0.2, 0.25) is 0 Å². The fourth-order valence-corrected chi connectivity index (χ4v) is 8.98. The zero-order valence-electron chi connectivity index (χ0n) is 8.61. The van der Waals surface area contributed by atoms with Crippen LogP contribution < -0.4 is 0 Å². The molecular weight excluding hydrogens is 456 g/mol. The Hall–Kier alpha value is 1.88. The summed E-state index contributed by atoms with van der Waals surface area (Å²) in [5.41, 5.74) is -0.0590. The molecule has 0 aromatic rings. The van der Waals surface area contributed by atoms with Gasteiger partial charge in [-0.25, -0.2) is 0 Å². The average Bonchev–Trinajstić information content (AvgIpc) is 2.45. The second-order valence-electron chi connectivity index (χ2n) is 5.25. The second kappa shape index (κ2) is 3.69. The summed E-state index contributed by atoms with van der Waals surface area (Å²) >= 11 is 14.9. The van der Waals surface area contributed by atoms with E-state index in [2.05, 4.69) is 77.6 Å². The van der Waals surface area contributed by atoms with Gasteiger partial charge in [0.1, 0.15) is 0 Å². The predicted molar refractivity (Wildman–Crippen MR) is 77.5 cm³/mol. The Morgan fingerprint density at radius 1 is 1.27 bits per heavy atom. The SMILES string of the molecule is CC1(C)[C@@H](O)[C@]2(Br)CC[C@@]1(C(Br)Br)[C@@H]2Br. The van der Waals surface area contributed by atoms with E-state index in [4.69, 9.17) is 0 Å². The van der Waals surface area contributed by atoms with Gasteiger partial charge < -0.3 is 5.11 Å². The minimum Gasteiger partial charge on any atom is -0.391 e. The first-order chi connectivity index (χ1) is 6.71. The number of halogens is 4. The molecule has 0 spiro atoms. The number of aliphatic hydroxyl groups excluding tert-OH is 1. The van der Waals surface area contributed by atoms with E-state index in [-0.39, 0.29) is 29.8 Å². The van der Waals surface area contributed by atoms with Crippen molar-refractivity contribution in [3.8, 4) is 0 Å². The van der Waals surface area contributed by atoms with E-state index in [1.165, 1.54) is 0 Å². The highest BCUT2D eigenvalue weighted by atomic mass is 79.9. The summed E-state index contributed by atoms with van der Waals surface area (Å²) < 4.78 is 0.0458. The highest BCUT2D eigenvalue weighted by Crippen LogP contribution is 2.73. The largest absolute Gasteiger partial charge is 0.391 e. The van der Waals surface area contributed by atoms with Gasteiger partial charge >= 0.3 is 0 Å². The van der Waals surface area contributed by atoms with Crippen molar-refractivity contribution in [3.05, 3.63) is 0 Å². The van der Waals surface area contributed by atoms with Gasteiger partial charge in [-0.1, -0.05) is 77.6 Å². The van der Waals surface area contributed by atoms with Gasteiger partial charge in [-0.15, -0.1) is 0 Å². The maximum absolute atomic E-state index is 10.5. The van der Waals surface area contributed by atoms with Crippen molar-refractivity contribution in [1.82, 2.24) is 0 Å². The van der Waals surface area contributed by atoms with Crippen LogP contribution in [0, 0.1) is 10.8 Å². The van der Waals surface area contributed by atoms with E-state index in [1.54, 1.807) is 0 Å². The van der Waals surface area contributed by atoms with Gasteiger partial charge in [0.25, 0.3) is 0 Å². The van der Waals surface area contributed by atoms with Crippen LogP contribution in [0.3, 0.4) is 0 Å². The molecule has 0 saturated heterocycles. The van der Waals surface area contributed by atoms with Crippen LogP contribution in [0.25, 0.3) is 0 Å². The summed E-state index contributed by atoms with van der Waals surface area (Å²) in [6, 6.07) is 0. The molecule has 1 nitrogen and oxygen atoms in total. The monoisotopic (exact) mass is 466 g/mol. The van der Waals surface area contributed by atoms with E-state index < -0.39 is 0 Å². The van der Waals surface area contributed by atoms with Crippen molar-refractivity contribution in [2.45, 2.75) is 45.7 Å². The molecule has 0 unspecified atom stereocenters. The smallest absolute Gasteiger partial charge is 0.0771 e. The Labute approximate surface area is 124 Å². The molecule has 2 bridgehead atoms. The third-order valence-electron chi connectivity index (χ3n) is 4.52. The molecule has 2 aliphatic carbocycles. The second-order valence-corrected chi connectivity index (χ2v) is 10.7. The normalized spacial score (nSPS) is 52.8. The Kier molecular flexibility index (Phi) is 3.27. The first-order valence-corrected chi connectivity index (χ1v) is 8.54. The third-order valence-corrected chi connectivity index (χ3v) is 9.69. The van der Waals surface area contributed by atoms with Gasteiger partial charge in [0, 0.05) is 15.7 Å². The predicted octanol–water partition coefficient (Wildman–Crippen LogP) is 4.18. The minimum atomic E-state index is -0.319. The molecule has 15 heavy (non-hydrogen) atoms. The number of fused-ring (bicyclic) bond motifs is 2. The van der Waals surface area contributed by atoms with Crippen LogP contribution in [-0.4, -0.2) is 24.1 Å². The van der Waals surface area contributed by atoms with E-state index in [0.717, 1.165) is 12.8 Å². The summed E-state index contributed by atoms with van der Waals surface area (Å²) in [7, 11) is 0. The van der Waals surface area contributed by atoms with Crippen LogP contribution in [0.5, 0.6) is 0 Å². The number of hydrogen-bond donors (Lipinski definition) is 1. The lowest BCUT2D eigenvalue weighted by Crippen LogP contribution is -2.48. The van der Waals surface area contributed by atoms with Crippen molar-refractivity contribution in [3.63, 3.8) is 0 Å². The van der Waals surface area contributed by atoms with Crippen LogP contribution in [0.15, 0.2) is 0 Å². The lowest BCUT2D eigenvalue weighted by molar-refractivity contribution is -0.0213. The van der Waals surface area contributed by atoms with Crippen LogP contribution in [-0.2, 0) is 0 Å². The zero-order valence-corrected chi connectivity index (χ0v) is 14.9. The Balaban J connectivity index is 2.56. The lowest BCUT2D eigenvalue weighted by Gasteiger charge is -2.46. The number of alkyl halides is 4. The molecule has 88 valence electrons. The quantitative estimate of drug-likeness (QED) is 0.571. The summed E-state index contributed by atoms with van der Waals surface area (Å²) in [5, 5.41) is 10.5. The van der Waals surface area contributed by atoms with Crippen LogP contribution >= 0.6 is 63.7 Å². The van der Waals surface area contributed by atoms with Gasteiger partial charge in [-0.2, -0.15) is 0 Å². The molecule has 0 amide bonds. The molecule has 4 atom stereocenters. The molecule has 0 aromatic heterocycles. The topological polar surface area (TPSA) is 20.2 Å². The molecule has 2 aliphatic rings. The summed E-state index contributed by atoms with van der Waals surface area (Å²) in [6.07, 6.45) is 1.81. The molecule has 2 rings (SSSR count). The van der Waals surface area contributed by atoms with Crippen molar-refractivity contribution < 1.29 is 5.11 Å². The Morgan fingerprint density at radius 3 is 2.07 bits per heavy atom. The molecule has 0 aliphatic heterocycles. The Bertz CT molecular complexity index is 293. The lowest BCUT2D eigenvalue weighted by atomic mass is 9.65. The van der Waals surface area contributed by atoms with Crippen molar-refractivity contribution in [2.24, 2.45) is 10.8 Å². The standard InChI is InChI=1S/C10H14Br4O/c1-8(2)6(15)10(14)4-3-9(8,5(10)11)7(12)13/h5-7,15H,3-4H2,1-2H3/t5-,6+,9-,10-/m0/s1. The van der Waals surface area contributed by atoms with Gasteiger partial charge in [-0.3, -0.25) is 0 Å². The average molecular weight is 470 g/mol. The Morgan fingerprint density at radius 2 is 1.80 bits per heavy atom. The first-order valence-electron chi connectivity index (χ1n) is 5.00. The number of aliphatic hydroxyl groups is 1. The van der Waals surface area contributed by atoms with Crippen LogP contribution in [0.4, 0.5) is 0 Å². The van der Waals surface area contributed by atoms with E-state index in [0.29, 0.717) is 0 Å². The highest BCUT2D eigenvalue weighted by Gasteiger charge is 2.75. The maximum atomic E-state index is 10.5. The van der Waals surface area contributed by atoms with E-state index >= 15 is 0 Å². The van der Waals surface area contributed by atoms with Gasteiger partial charge in [0.05, 0.1) is 14.2 Å². The maximum Gasteiger partial charge on any atom is 0.0771 e. The van der Waals surface area contributed by atoms with Crippen molar-refractivity contribution in [1.29, 1.82) is 0 Å². The summed E-state index contributed by atoms with van der Waals surface area (Å²) in [6.45, 7) is 4.31. The molecule has 2 fully saturated rings. The van der Waals surface area contributed by atoms with Crippen LogP contribution in [0.2, 0.25) is 0 Å². The van der Waals surface area contributed by atoms with E-state index in [1.807, 2.05) is 0 Å². The van der Waals surface area contributed by atoms with Crippen molar-refractivity contribution in [2.75, 3.05) is 0 Å². The molecular formula is C10H14Br4O. The van der Waals surface area contributed by atoms with Crippen molar-refractivity contribution >= 4 is 63.7 Å². The molecule has 2 saturated carbocycles. The summed E-state index contributed by atoms with van der Waals surface area (Å²) in [5.74, 6) is 0.